The summed E-state index contributed by atoms with van der Waals surface area (Å²) in [6, 6.07) is 4.57. The molecule has 0 bridgehead atoms. The fourth-order valence-electron chi connectivity index (χ4n) is 2.51. The molecule has 0 radical (unpaired) electrons. The Morgan fingerprint density at radius 2 is 2.26 bits per heavy atom. The largest absolute Gasteiger partial charge is 0.337 e. The highest BCUT2D eigenvalue weighted by Crippen LogP contribution is 2.31. The average molecular weight is 261 g/mol. The maximum atomic E-state index is 13.1. The first-order valence-electron chi connectivity index (χ1n) is 6.44. The lowest BCUT2D eigenvalue weighted by Crippen LogP contribution is -2.33. The minimum atomic E-state index is -0.255. The minimum Gasteiger partial charge on any atom is -0.337 e. The predicted octanol–water partition coefficient (Wildman–Crippen LogP) is 2.78. The highest BCUT2D eigenvalue weighted by molar-refractivity contribution is 5.59. The van der Waals surface area contributed by atoms with Crippen LogP contribution in [0.2, 0.25) is 0 Å². The lowest BCUT2D eigenvalue weighted by molar-refractivity contribution is 0.275. The summed E-state index contributed by atoms with van der Waals surface area (Å²) < 4.78 is 18.5. The van der Waals surface area contributed by atoms with Crippen molar-refractivity contribution in [3.8, 4) is 11.4 Å². The maximum Gasteiger partial charge on any atom is 0.246 e. The van der Waals surface area contributed by atoms with Crippen LogP contribution in [0.15, 0.2) is 22.7 Å². The fourth-order valence-corrected chi connectivity index (χ4v) is 2.51. The van der Waals surface area contributed by atoms with E-state index in [4.69, 9.17) is 4.52 Å². The van der Waals surface area contributed by atoms with Gasteiger partial charge in [-0.15, -0.1) is 0 Å². The predicted molar refractivity (Wildman–Crippen MR) is 69.0 cm³/mol. The lowest BCUT2D eigenvalue weighted by Gasteiger charge is -2.18. The van der Waals surface area contributed by atoms with Gasteiger partial charge < -0.3 is 9.84 Å². The molecule has 1 saturated heterocycles. The molecule has 1 aromatic heterocycles. The molecule has 1 aliphatic rings. The Bertz CT molecular complexity index is 602. The van der Waals surface area contributed by atoms with Gasteiger partial charge in [-0.05, 0) is 57.0 Å². The van der Waals surface area contributed by atoms with E-state index < -0.39 is 0 Å². The van der Waals surface area contributed by atoms with E-state index in [-0.39, 0.29) is 11.4 Å². The molecule has 0 spiro atoms. The van der Waals surface area contributed by atoms with Crippen LogP contribution in [0.1, 0.15) is 31.2 Å². The maximum absolute atomic E-state index is 13.1. The quantitative estimate of drug-likeness (QED) is 0.903. The Morgan fingerprint density at radius 1 is 1.42 bits per heavy atom. The van der Waals surface area contributed by atoms with Gasteiger partial charge in [0, 0.05) is 5.56 Å². The number of rotatable bonds is 2. The van der Waals surface area contributed by atoms with Crippen molar-refractivity contribution in [3.05, 3.63) is 35.5 Å². The summed E-state index contributed by atoms with van der Waals surface area (Å²) in [4.78, 5) is 4.46. The van der Waals surface area contributed by atoms with Crippen LogP contribution in [0.4, 0.5) is 4.39 Å². The van der Waals surface area contributed by atoms with Gasteiger partial charge in [0.25, 0.3) is 0 Å². The van der Waals surface area contributed by atoms with Gasteiger partial charge in [-0.1, -0.05) is 5.16 Å². The summed E-state index contributed by atoms with van der Waals surface area (Å²) in [5.74, 6) is 0.862. The van der Waals surface area contributed by atoms with E-state index in [1.54, 1.807) is 6.07 Å². The van der Waals surface area contributed by atoms with Crippen LogP contribution in [-0.2, 0) is 5.54 Å². The second kappa shape index (κ2) is 4.42. The molecule has 0 aliphatic carbocycles. The minimum absolute atomic E-state index is 0.237. The van der Waals surface area contributed by atoms with Gasteiger partial charge in [0.15, 0.2) is 0 Å². The van der Waals surface area contributed by atoms with Gasteiger partial charge >= 0.3 is 0 Å². The van der Waals surface area contributed by atoms with Crippen LogP contribution in [-0.4, -0.2) is 16.7 Å². The Kier molecular flexibility index (Phi) is 2.86. The molecule has 1 N–H and O–H groups in total. The zero-order valence-corrected chi connectivity index (χ0v) is 11.0. The third-order valence-corrected chi connectivity index (χ3v) is 3.70. The highest BCUT2D eigenvalue weighted by atomic mass is 19.1. The van der Waals surface area contributed by atoms with E-state index in [1.165, 1.54) is 12.1 Å². The first-order valence-corrected chi connectivity index (χ1v) is 6.44. The zero-order valence-electron chi connectivity index (χ0n) is 11.0. The number of nitrogens with zero attached hydrogens (tertiary/aromatic N) is 2. The monoisotopic (exact) mass is 261 g/mol. The molecule has 1 aromatic carbocycles. The SMILES string of the molecule is Cc1cc(F)ccc1-c1noc(C2(C)CCCN2)n1. The molecule has 5 heteroatoms. The lowest BCUT2D eigenvalue weighted by atomic mass is 10.0. The highest BCUT2D eigenvalue weighted by Gasteiger charge is 2.35. The van der Waals surface area contributed by atoms with Gasteiger partial charge in [0.1, 0.15) is 5.82 Å². The summed E-state index contributed by atoms with van der Waals surface area (Å²) >= 11 is 0. The van der Waals surface area contributed by atoms with Gasteiger partial charge in [-0.2, -0.15) is 4.98 Å². The fraction of sp³-hybridized carbons (Fsp3) is 0.429. The van der Waals surface area contributed by atoms with Crippen molar-refractivity contribution in [1.82, 2.24) is 15.5 Å². The molecule has 19 heavy (non-hydrogen) atoms. The van der Waals surface area contributed by atoms with Gasteiger partial charge in [0.05, 0.1) is 5.54 Å². The molecular formula is C14H16FN3O. The van der Waals surface area contributed by atoms with E-state index in [0.717, 1.165) is 30.5 Å². The number of aromatic nitrogens is 2. The Hall–Kier alpha value is -1.75. The molecule has 2 heterocycles. The van der Waals surface area contributed by atoms with Crippen molar-refractivity contribution in [3.63, 3.8) is 0 Å². The number of nitrogens with one attached hydrogen (secondary N) is 1. The number of halogens is 1. The number of aryl methyl sites for hydroxylation is 1. The molecule has 4 nitrogen and oxygen atoms in total. The van der Waals surface area contributed by atoms with E-state index in [9.17, 15) is 4.39 Å². The second-order valence-electron chi connectivity index (χ2n) is 5.24. The average Bonchev–Trinajstić information content (AvgIpc) is 2.99. The normalized spacial score (nSPS) is 22.9. The second-order valence-corrected chi connectivity index (χ2v) is 5.24. The van der Waals surface area contributed by atoms with Gasteiger partial charge in [0.2, 0.25) is 11.7 Å². The molecule has 1 aliphatic heterocycles. The van der Waals surface area contributed by atoms with Crippen molar-refractivity contribution < 1.29 is 8.91 Å². The Balaban J connectivity index is 1.97. The van der Waals surface area contributed by atoms with Crippen LogP contribution in [0.3, 0.4) is 0 Å². The third-order valence-electron chi connectivity index (χ3n) is 3.70. The number of hydrogen-bond donors (Lipinski definition) is 1. The summed E-state index contributed by atoms with van der Waals surface area (Å²) in [5.41, 5.74) is 1.37. The van der Waals surface area contributed by atoms with Crippen LogP contribution in [0.5, 0.6) is 0 Å². The Morgan fingerprint density at radius 3 is 2.95 bits per heavy atom. The van der Waals surface area contributed by atoms with Crippen molar-refractivity contribution in [2.75, 3.05) is 6.54 Å². The zero-order chi connectivity index (χ0) is 13.5. The molecule has 1 unspecified atom stereocenters. The number of hydrogen-bond acceptors (Lipinski definition) is 4. The molecule has 100 valence electrons. The first-order chi connectivity index (χ1) is 9.08. The third kappa shape index (κ3) is 2.14. The van der Waals surface area contributed by atoms with Crippen molar-refractivity contribution in [1.29, 1.82) is 0 Å². The van der Waals surface area contributed by atoms with Gasteiger partial charge in [-0.25, -0.2) is 4.39 Å². The van der Waals surface area contributed by atoms with Crippen molar-refractivity contribution in [2.24, 2.45) is 0 Å². The molecule has 0 amide bonds. The standard InChI is InChI=1S/C14H16FN3O/c1-9-8-10(15)4-5-11(9)12-17-13(19-18-12)14(2)6-3-7-16-14/h4-5,8,16H,3,6-7H2,1-2H3. The van der Waals surface area contributed by atoms with Crippen LogP contribution >= 0.6 is 0 Å². The van der Waals surface area contributed by atoms with E-state index >= 15 is 0 Å². The summed E-state index contributed by atoms with van der Waals surface area (Å²) in [5, 5.41) is 7.40. The Labute approximate surface area is 111 Å². The molecule has 3 rings (SSSR count). The van der Waals surface area contributed by atoms with Crippen molar-refractivity contribution >= 4 is 0 Å². The topological polar surface area (TPSA) is 51.0 Å². The number of benzene rings is 1. The van der Waals surface area contributed by atoms with Crippen LogP contribution < -0.4 is 5.32 Å². The molecule has 1 fully saturated rings. The van der Waals surface area contributed by atoms with E-state index in [1.807, 2.05) is 6.92 Å². The smallest absolute Gasteiger partial charge is 0.246 e. The van der Waals surface area contributed by atoms with Crippen LogP contribution in [0.25, 0.3) is 11.4 Å². The van der Waals surface area contributed by atoms with E-state index in [0.29, 0.717) is 11.7 Å². The summed E-state index contributed by atoms with van der Waals surface area (Å²) in [6.45, 7) is 4.86. The van der Waals surface area contributed by atoms with Gasteiger partial charge in [-0.3, -0.25) is 0 Å². The van der Waals surface area contributed by atoms with E-state index in [2.05, 4.69) is 22.4 Å². The molecule has 0 saturated carbocycles. The first kappa shape index (κ1) is 12.3. The van der Waals surface area contributed by atoms with Crippen molar-refractivity contribution in [2.45, 2.75) is 32.2 Å². The molecule has 2 aromatic rings. The summed E-state index contributed by atoms with van der Waals surface area (Å²) in [7, 11) is 0. The van der Waals surface area contributed by atoms with Crippen LogP contribution in [0, 0.1) is 12.7 Å². The molecular weight excluding hydrogens is 245 g/mol. The molecule has 1 atom stereocenters. The summed E-state index contributed by atoms with van der Waals surface area (Å²) in [6.07, 6.45) is 2.08.